The molecular weight excluding hydrogens is 1280 g/mol. The summed E-state index contributed by atoms with van der Waals surface area (Å²) in [5.74, 6) is 0.203. The highest BCUT2D eigenvalue weighted by atomic mass is 31.2. The lowest BCUT2D eigenvalue weighted by atomic mass is 9.99. The van der Waals surface area contributed by atoms with Gasteiger partial charge in [-0.1, -0.05) is 330 Å². The summed E-state index contributed by atoms with van der Waals surface area (Å²) in [6.07, 6.45) is 59.0. The minimum absolute atomic E-state index is 0.0997. The van der Waals surface area contributed by atoms with Crippen LogP contribution in [0.4, 0.5) is 0 Å². The largest absolute Gasteiger partial charge is 0.472 e. The summed E-state index contributed by atoms with van der Waals surface area (Å²) in [6, 6.07) is 0. The van der Waals surface area contributed by atoms with Crippen LogP contribution in [-0.2, 0) is 65.4 Å². The molecule has 0 amide bonds. The number of carbonyl (C=O) groups excluding carboxylic acids is 4. The molecule has 0 aromatic heterocycles. The summed E-state index contributed by atoms with van der Waals surface area (Å²) in [5.41, 5.74) is 0. The zero-order chi connectivity index (χ0) is 72.3. The third-order valence-electron chi connectivity index (χ3n) is 18.5. The number of esters is 4. The second kappa shape index (κ2) is 68.9. The molecule has 0 aliphatic heterocycles. The Morgan fingerprint density at radius 1 is 0.337 bits per heavy atom. The first kappa shape index (κ1) is 95.5. The second-order valence-corrected chi connectivity index (χ2v) is 31.6. The van der Waals surface area contributed by atoms with E-state index in [-0.39, 0.29) is 25.7 Å². The van der Waals surface area contributed by atoms with Gasteiger partial charge in [0.2, 0.25) is 0 Å². The molecule has 0 aromatic rings. The first-order chi connectivity index (χ1) is 47.3. The van der Waals surface area contributed by atoms with E-state index in [1.165, 1.54) is 167 Å². The maximum atomic E-state index is 13.1. The van der Waals surface area contributed by atoms with E-state index in [1.807, 2.05) is 0 Å². The highest BCUT2D eigenvalue weighted by Gasteiger charge is 2.30. The third kappa shape index (κ3) is 69.3. The van der Waals surface area contributed by atoms with Crippen LogP contribution in [0.15, 0.2) is 24.3 Å². The molecule has 0 saturated carbocycles. The fourth-order valence-electron chi connectivity index (χ4n) is 11.5. The zero-order valence-electron chi connectivity index (χ0n) is 63.7. The maximum absolute atomic E-state index is 13.1. The molecule has 0 radical (unpaired) electrons. The van der Waals surface area contributed by atoms with E-state index in [4.69, 9.17) is 37.0 Å². The number of aliphatic hydroxyl groups excluding tert-OH is 1. The normalized spacial score (nSPS) is 14.7. The Hall–Kier alpha value is -2.46. The van der Waals surface area contributed by atoms with Gasteiger partial charge in [0.15, 0.2) is 12.2 Å². The van der Waals surface area contributed by atoms with Crippen LogP contribution in [0.25, 0.3) is 0 Å². The van der Waals surface area contributed by atoms with Crippen molar-refractivity contribution in [2.45, 2.75) is 401 Å². The maximum Gasteiger partial charge on any atom is 0.472 e. The van der Waals surface area contributed by atoms with Crippen LogP contribution in [0, 0.1) is 17.8 Å². The van der Waals surface area contributed by atoms with Crippen LogP contribution in [0.1, 0.15) is 382 Å². The van der Waals surface area contributed by atoms with Crippen LogP contribution < -0.4 is 0 Å². The van der Waals surface area contributed by atoms with E-state index < -0.39 is 97.5 Å². The van der Waals surface area contributed by atoms with Crippen molar-refractivity contribution < 1.29 is 80.2 Å². The molecule has 0 heterocycles. The van der Waals surface area contributed by atoms with E-state index in [0.717, 1.165) is 133 Å². The van der Waals surface area contributed by atoms with E-state index in [0.29, 0.717) is 25.7 Å². The Balaban J connectivity index is 5.28. The van der Waals surface area contributed by atoms with Gasteiger partial charge in [-0.15, -0.1) is 0 Å². The molecule has 19 heteroatoms. The van der Waals surface area contributed by atoms with Gasteiger partial charge in [0.25, 0.3) is 0 Å². The number of phosphoric ester groups is 2. The van der Waals surface area contributed by atoms with E-state index in [2.05, 4.69) is 72.8 Å². The molecule has 17 nitrogen and oxygen atoms in total. The number of ether oxygens (including phenoxy) is 4. The van der Waals surface area contributed by atoms with Crippen LogP contribution in [0.2, 0.25) is 0 Å². The molecule has 7 atom stereocenters. The quantitative estimate of drug-likeness (QED) is 0.0169. The standard InChI is InChI=1S/C79H150O17P2/c1-8-11-12-13-14-15-16-17-18-22-28-33-38-46-53-60-76(81)89-66-74(95-78(83)63-56-49-40-35-30-25-24-26-31-36-43-50-57-70(4)5)68-93-97(85,86)91-64-73(80)65-92-98(87,88)94-69-75(67-90-77(82)61-54-47-42-41-45-52-59-72(7)10-3)96-79(84)62-55-48-39-34-29-23-20-19-21-27-32-37-44-51-58-71(6)9-2/h15-18,70-75,80H,8-14,19-69H2,1-7H3,(H,85,86)(H,87,88)/b16-15-,18-17-/t71?,72?,73-,74-,75-/m1/s1. The molecule has 98 heavy (non-hydrogen) atoms. The van der Waals surface area contributed by atoms with Gasteiger partial charge in [0.1, 0.15) is 19.3 Å². The molecule has 0 aliphatic rings. The van der Waals surface area contributed by atoms with Crippen LogP contribution in [-0.4, -0.2) is 96.7 Å². The predicted octanol–water partition coefficient (Wildman–Crippen LogP) is 22.9. The van der Waals surface area contributed by atoms with Crippen molar-refractivity contribution >= 4 is 39.5 Å². The van der Waals surface area contributed by atoms with Gasteiger partial charge in [-0.2, -0.15) is 0 Å². The Kier molecular flexibility index (Phi) is 67.2. The number of aliphatic hydroxyl groups is 1. The average molecular weight is 1430 g/mol. The number of hydrogen-bond donors (Lipinski definition) is 3. The topological polar surface area (TPSA) is 237 Å². The molecule has 3 N–H and O–H groups in total. The highest BCUT2D eigenvalue weighted by Crippen LogP contribution is 2.45. The smallest absolute Gasteiger partial charge is 0.462 e. The number of hydrogen-bond acceptors (Lipinski definition) is 15. The van der Waals surface area contributed by atoms with E-state index >= 15 is 0 Å². The van der Waals surface area contributed by atoms with Crippen LogP contribution in [0.3, 0.4) is 0 Å². The molecule has 0 aliphatic carbocycles. The molecule has 578 valence electrons. The molecular formula is C79H150O17P2. The first-order valence-electron chi connectivity index (χ1n) is 40.2. The van der Waals surface area contributed by atoms with Crippen molar-refractivity contribution in [1.82, 2.24) is 0 Å². The Morgan fingerprint density at radius 2 is 0.602 bits per heavy atom. The second-order valence-electron chi connectivity index (χ2n) is 28.7. The fraction of sp³-hybridized carbons (Fsp3) is 0.899. The van der Waals surface area contributed by atoms with Crippen molar-refractivity contribution in [3.8, 4) is 0 Å². The van der Waals surface area contributed by atoms with Crippen molar-refractivity contribution in [3.05, 3.63) is 24.3 Å². The zero-order valence-corrected chi connectivity index (χ0v) is 65.5. The summed E-state index contributed by atoms with van der Waals surface area (Å²) in [4.78, 5) is 72.9. The summed E-state index contributed by atoms with van der Waals surface area (Å²) in [7, 11) is -9.93. The van der Waals surface area contributed by atoms with Gasteiger partial charge < -0.3 is 33.8 Å². The van der Waals surface area contributed by atoms with E-state index in [9.17, 15) is 43.2 Å². The first-order valence-corrected chi connectivity index (χ1v) is 43.2. The Bertz CT molecular complexity index is 2000. The summed E-state index contributed by atoms with van der Waals surface area (Å²) in [5, 5.41) is 10.6. The monoisotopic (exact) mass is 1430 g/mol. The van der Waals surface area contributed by atoms with Crippen molar-refractivity contribution in [3.63, 3.8) is 0 Å². The van der Waals surface area contributed by atoms with Crippen molar-refractivity contribution in [1.29, 1.82) is 0 Å². The van der Waals surface area contributed by atoms with Gasteiger partial charge in [-0.05, 0) is 69.1 Å². The third-order valence-corrected chi connectivity index (χ3v) is 20.4. The summed E-state index contributed by atoms with van der Waals surface area (Å²) < 4.78 is 68.6. The SMILES string of the molecule is CCCCCC/C=C\C=C/CCCCCCCC(=O)OC[C@H](COP(=O)(O)OC[C@@H](O)COP(=O)(O)OC[C@@H](COC(=O)CCCCCCCCC(C)CC)OC(=O)CCCCCCCCCCCCCCCCC(C)CC)OC(=O)CCCCCCCCCCCCCCC(C)C. The van der Waals surface area contributed by atoms with Crippen LogP contribution in [0.5, 0.6) is 0 Å². The lowest BCUT2D eigenvalue weighted by Gasteiger charge is -2.21. The Morgan fingerprint density at radius 3 is 0.908 bits per heavy atom. The van der Waals surface area contributed by atoms with Gasteiger partial charge in [-0.3, -0.25) is 37.3 Å². The van der Waals surface area contributed by atoms with Gasteiger partial charge in [0.05, 0.1) is 26.4 Å². The van der Waals surface area contributed by atoms with Gasteiger partial charge >= 0.3 is 39.5 Å². The summed E-state index contributed by atoms with van der Waals surface area (Å²) >= 11 is 0. The predicted molar refractivity (Wildman–Crippen MR) is 400 cm³/mol. The lowest BCUT2D eigenvalue weighted by Crippen LogP contribution is -2.30. The number of carbonyl (C=O) groups is 4. The number of rotatable bonds is 75. The minimum Gasteiger partial charge on any atom is -0.462 e. The molecule has 4 unspecified atom stereocenters. The molecule has 0 spiro atoms. The molecule has 0 fully saturated rings. The number of allylic oxidation sites excluding steroid dienone is 4. The number of unbranched alkanes of at least 4 members (excludes halogenated alkanes) is 38. The number of phosphoric acid groups is 2. The van der Waals surface area contributed by atoms with Crippen molar-refractivity contribution in [2.75, 3.05) is 39.6 Å². The van der Waals surface area contributed by atoms with Gasteiger partial charge in [0, 0.05) is 25.7 Å². The molecule has 0 aromatic carbocycles. The average Bonchev–Trinajstić information content (AvgIpc) is 1.04. The van der Waals surface area contributed by atoms with Crippen molar-refractivity contribution in [2.24, 2.45) is 17.8 Å². The highest BCUT2D eigenvalue weighted by molar-refractivity contribution is 7.47. The molecule has 0 saturated heterocycles. The minimum atomic E-state index is -4.97. The molecule has 0 rings (SSSR count). The Labute approximate surface area is 599 Å². The lowest BCUT2D eigenvalue weighted by molar-refractivity contribution is -0.161. The summed E-state index contributed by atoms with van der Waals surface area (Å²) in [6.45, 7) is 11.9. The van der Waals surface area contributed by atoms with Gasteiger partial charge in [-0.25, -0.2) is 9.13 Å². The van der Waals surface area contributed by atoms with E-state index in [1.54, 1.807) is 0 Å². The fourth-order valence-corrected chi connectivity index (χ4v) is 13.1. The molecule has 0 bridgehead atoms. The van der Waals surface area contributed by atoms with Crippen LogP contribution >= 0.6 is 15.6 Å².